The predicted octanol–water partition coefficient (Wildman–Crippen LogP) is 8.10. The summed E-state index contributed by atoms with van der Waals surface area (Å²) in [6.07, 6.45) is 2.96. The largest absolute Gasteiger partial charge is 0.457 e. The van der Waals surface area contributed by atoms with Crippen LogP contribution in [0.3, 0.4) is 0 Å². The molecule has 8 heteroatoms. The third-order valence-electron chi connectivity index (χ3n) is 5.12. The van der Waals surface area contributed by atoms with Crippen LogP contribution in [-0.2, 0) is 4.79 Å². The summed E-state index contributed by atoms with van der Waals surface area (Å²) in [4.78, 5) is 20.3. The van der Waals surface area contributed by atoms with E-state index in [0.29, 0.717) is 49.2 Å². The van der Waals surface area contributed by atoms with Crippen molar-refractivity contribution in [1.82, 2.24) is 9.97 Å². The van der Waals surface area contributed by atoms with Gasteiger partial charge in [-0.3, -0.25) is 4.79 Å². The van der Waals surface area contributed by atoms with Gasteiger partial charge in [-0.25, -0.2) is 4.98 Å². The van der Waals surface area contributed by atoms with Crippen molar-refractivity contribution in [2.45, 2.75) is 0 Å². The molecule has 0 fully saturated rings. The number of halogens is 3. The van der Waals surface area contributed by atoms with E-state index in [9.17, 15) is 4.79 Å². The Morgan fingerprint density at radius 1 is 0.912 bits per heavy atom. The Bertz CT molecular complexity index is 1520. The summed E-state index contributed by atoms with van der Waals surface area (Å²) in [6.45, 7) is 0. The van der Waals surface area contributed by atoms with Crippen LogP contribution in [0, 0.1) is 0 Å². The van der Waals surface area contributed by atoms with Crippen molar-refractivity contribution in [3.63, 3.8) is 0 Å². The number of para-hydroxylation sites is 2. The van der Waals surface area contributed by atoms with E-state index < -0.39 is 0 Å². The smallest absolute Gasteiger partial charge is 0.248 e. The number of nitrogens with zero attached hydrogens (tertiary/aromatic N) is 1. The fourth-order valence-corrected chi connectivity index (χ4v) is 4.09. The molecule has 168 valence electrons. The van der Waals surface area contributed by atoms with Crippen LogP contribution < -0.4 is 5.32 Å². The second-order valence-corrected chi connectivity index (χ2v) is 8.62. The summed E-state index contributed by atoms with van der Waals surface area (Å²) >= 11 is 18.7. The zero-order valence-corrected chi connectivity index (χ0v) is 19.7. The Hall–Kier alpha value is -3.51. The average molecular weight is 509 g/mol. The first kappa shape index (κ1) is 22.3. The van der Waals surface area contributed by atoms with E-state index in [1.807, 2.05) is 30.3 Å². The van der Waals surface area contributed by atoms with Crippen molar-refractivity contribution in [1.29, 1.82) is 0 Å². The number of H-pyrrole nitrogens is 1. The molecule has 2 N–H and O–H groups in total. The Balaban J connectivity index is 1.32. The summed E-state index contributed by atoms with van der Waals surface area (Å²) in [7, 11) is 0. The first-order valence-electron chi connectivity index (χ1n) is 10.3. The third-order valence-corrected chi connectivity index (χ3v) is 6.27. The van der Waals surface area contributed by atoms with Crippen LogP contribution in [0.1, 0.15) is 5.76 Å². The molecule has 0 saturated carbocycles. The van der Waals surface area contributed by atoms with Crippen LogP contribution in [0.25, 0.3) is 39.8 Å². The standard InChI is InChI=1S/C26H16Cl3N3O2/c27-19-11-8-15(14-18(19)26-31-21-6-1-2-7-22(21)32-26)30-24(33)13-10-16-9-12-23(34-16)17-4-3-5-20(28)25(17)29/h1-14H,(H,30,33)(H,31,32). The van der Waals surface area contributed by atoms with Gasteiger partial charge >= 0.3 is 0 Å². The Labute approximate surface area is 210 Å². The molecule has 0 aliphatic heterocycles. The maximum atomic E-state index is 12.5. The van der Waals surface area contributed by atoms with Crippen molar-refractivity contribution in [3.05, 3.63) is 99.7 Å². The van der Waals surface area contributed by atoms with Crippen LogP contribution >= 0.6 is 34.8 Å². The maximum absolute atomic E-state index is 12.5. The summed E-state index contributed by atoms with van der Waals surface area (Å²) in [5.41, 5.74) is 3.69. The summed E-state index contributed by atoms with van der Waals surface area (Å²) in [6, 6.07) is 21.8. The van der Waals surface area contributed by atoms with Gasteiger partial charge in [0, 0.05) is 22.9 Å². The lowest BCUT2D eigenvalue weighted by Gasteiger charge is -2.06. The van der Waals surface area contributed by atoms with Crippen LogP contribution in [0.15, 0.2) is 83.3 Å². The number of aromatic nitrogens is 2. The predicted molar refractivity (Wildman–Crippen MR) is 138 cm³/mol. The number of carbonyl (C=O) groups excluding carboxylic acids is 1. The lowest BCUT2D eigenvalue weighted by molar-refractivity contribution is -0.111. The van der Waals surface area contributed by atoms with Gasteiger partial charge in [-0.05, 0) is 60.7 Å². The highest BCUT2D eigenvalue weighted by molar-refractivity contribution is 6.43. The van der Waals surface area contributed by atoms with Crippen LogP contribution in [-0.4, -0.2) is 15.9 Å². The zero-order chi connectivity index (χ0) is 23.7. The normalized spacial score (nSPS) is 11.4. The number of anilines is 1. The molecule has 5 nitrogen and oxygen atoms in total. The Kier molecular flexibility index (Phi) is 6.16. The van der Waals surface area contributed by atoms with Crippen molar-refractivity contribution in [2.24, 2.45) is 0 Å². The number of rotatable bonds is 5. The molecular weight excluding hydrogens is 493 g/mol. The van der Waals surface area contributed by atoms with Gasteiger partial charge < -0.3 is 14.7 Å². The average Bonchev–Trinajstić information content (AvgIpc) is 3.48. The molecule has 34 heavy (non-hydrogen) atoms. The SMILES string of the molecule is O=C(C=Cc1ccc(-c2cccc(Cl)c2Cl)o1)Nc1ccc(Cl)c(-c2nc3ccccc3[nH]2)c1. The topological polar surface area (TPSA) is 70.9 Å². The Morgan fingerprint density at radius 2 is 1.76 bits per heavy atom. The van der Waals surface area contributed by atoms with Gasteiger partial charge in [0.05, 0.1) is 26.1 Å². The maximum Gasteiger partial charge on any atom is 0.248 e. The number of nitrogens with one attached hydrogen (secondary N) is 2. The van der Waals surface area contributed by atoms with E-state index in [1.165, 1.54) is 6.08 Å². The molecule has 2 heterocycles. The van der Waals surface area contributed by atoms with Gasteiger partial charge in [0.1, 0.15) is 17.3 Å². The molecule has 0 aliphatic rings. The van der Waals surface area contributed by atoms with E-state index in [2.05, 4.69) is 15.3 Å². The number of furan rings is 1. The van der Waals surface area contributed by atoms with Crippen LogP contribution in [0.5, 0.6) is 0 Å². The molecule has 0 unspecified atom stereocenters. The number of fused-ring (bicyclic) bond motifs is 1. The first-order chi connectivity index (χ1) is 16.5. The number of benzene rings is 3. The zero-order valence-electron chi connectivity index (χ0n) is 17.5. The van der Waals surface area contributed by atoms with Crippen LogP contribution in [0.4, 0.5) is 5.69 Å². The fraction of sp³-hybridized carbons (Fsp3) is 0. The molecule has 0 radical (unpaired) electrons. The fourth-order valence-electron chi connectivity index (χ4n) is 3.49. The second kappa shape index (κ2) is 9.39. The number of hydrogen-bond acceptors (Lipinski definition) is 3. The number of imidazole rings is 1. The first-order valence-corrected chi connectivity index (χ1v) is 11.4. The molecule has 0 spiro atoms. The third kappa shape index (κ3) is 4.59. The quantitative estimate of drug-likeness (QED) is 0.236. The summed E-state index contributed by atoms with van der Waals surface area (Å²) in [5, 5.41) is 4.21. The monoisotopic (exact) mass is 507 g/mol. The summed E-state index contributed by atoms with van der Waals surface area (Å²) in [5.74, 6) is 1.36. The highest BCUT2D eigenvalue weighted by Crippen LogP contribution is 2.34. The minimum absolute atomic E-state index is 0.323. The van der Waals surface area contributed by atoms with Gasteiger partial charge in [0.15, 0.2) is 0 Å². The second-order valence-electron chi connectivity index (χ2n) is 7.42. The van der Waals surface area contributed by atoms with E-state index in [4.69, 9.17) is 39.2 Å². The minimum atomic E-state index is -0.323. The molecule has 3 aromatic carbocycles. The van der Waals surface area contributed by atoms with E-state index in [0.717, 1.165) is 11.0 Å². The van der Waals surface area contributed by atoms with Crippen molar-refractivity contribution in [2.75, 3.05) is 5.32 Å². The lowest BCUT2D eigenvalue weighted by Crippen LogP contribution is -2.07. The minimum Gasteiger partial charge on any atom is -0.457 e. The van der Waals surface area contributed by atoms with Gasteiger partial charge in [-0.15, -0.1) is 0 Å². The highest BCUT2D eigenvalue weighted by atomic mass is 35.5. The lowest BCUT2D eigenvalue weighted by atomic mass is 10.2. The molecule has 5 rings (SSSR count). The summed E-state index contributed by atoms with van der Waals surface area (Å²) < 4.78 is 5.79. The number of aromatic amines is 1. The van der Waals surface area contributed by atoms with Gasteiger partial charge in [0.2, 0.25) is 5.91 Å². The molecule has 0 atom stereocenters. The molecule has 2 aromatic heterocycles. The number of carbonyl (C=O) groups is 1. The van der Waals surface area contributed by atoms with Crippen LogP contribution in [0.2, 0.25) is 15.1 Å². The molecule has 5 aromatic rings. The van der Waals surface area contributed by atoms with Gasteiger partial charge in [0.25, 0.3) is 0 Å². The Morgan fingerprint density at radius 3 is 2.62 bits per heavy atom. The van der Waals surface area contributed by atoms with E-state index >= 15 is 0 Å². The molecular formula is C26H16Cl3N3O2. The highest BCUT2D eigenvalue weighted by Gasteiger charge is 2.12. The van der Waals surface area contributed by atoms with Crippen molar-refractivity contribution < 1.29 is 9.21 Å². The molecule has 0 bridgehead atoms. The molecule has 0 aliphatic carbocycles. The van der Waals surface area contributed by atoms with E-state index in [1.54, 1.807) is 48.5 Å². The molecule has 1 amide bonds. The van der Waals surface area contributed by atoms with Gasteiger partial charge in [-0.1, -0.05) is 53.0 Å². The van der Waals surface area contributed by atoms with E-state index in [-0.39, 0.29) is 5.91 Å². The van der Waals surface area contributed by atoms with Crippen molar-refractivity contribution in [3.8, 4) is 22.7 Å². The number of hydrogen-bond donors (Lipinski definition) is 2. The van der Waals surface area contributed by atoms with Crippen molar-refractivity contribution >= 4 is 63.5 Å². The number of amides is 1. The molecule has 0 saturated heterocycles. The van der Waals surface area contributed by atoms with Gasteiger partial charge in [-0.2, -0.15) is 0 Å².